The van der Waals surface area contributed by atoms with Crippen molar-refractivity contribution in [2.24, 2.45) is 11.8 Å². The minimum Gasteiger partial charge on any atom is -0.211 e. The molecule has 0 saturated heterocycles. The van der Waals surface area contributed by atoms with Crippen molar-refractivity contribution in [3.8, 4) is 0 Å². The first-order chi connectivity index (χ1) is 6.54. The Morgan fingerprint density at radius 2 is 1.18 bits per heavy atom. The number of hydrogen-bond acceptors (Lipinski definition) is 0. The third-order valence-electron chi connectivity index (χ3n) is 1.29. The second-order valence-corrected chi connectivity index (χ2v) is 4.23. The summed E-state index contributed by atoms with van der Waals surface area (Å²) in [5.74, 6) is -0.157. The Labute approximate surface area is 103 Å². The lowest BCUT2D eigenvalue weighted by Gasteiger charge is -2.07. The van der Waals surface area contributed by atoms with Crippen LogP contribution in [-0.2, 0) is 0 Å². The van der Waals surface area contributed by atoms with Crippen molar-refractivity contribution in [1.82, 2.24) is 0 Å². The normalized spacial score (nSPS) is 10.6. The SMILES string of the molecule is C.C.CC(C)CC(F)(F)F.CC(C)CC(F)F. The predicted molar refractivity (Wildman–Crippen MR) is 64.4 cm³/mol. The van der Waals surface area contributed by atoms with Crippen LogP contribution in [-0.4, -0.2) is 12.6 Å². The van der Waals surface area contributed by atoms with E-state index in [2.05, 4.69) is 0 Å². The molecule has 0 aliphatic heterocycles. The molecule has 0 heterocycles. The Hall–Kier alpha value is -0.350. The molecule has 0 atom stereocenters. The summed E-state index contributed by atoms with van der Waals surface area (Å²) in [7, 11) is 0. The van der Waals surface area contributed by atoms with Gasteiger partial charge in [0.2, 0.25) is 6.43 Å². The molecule has 0 amide bonds. The molecule has 110 valence electrons. The van der Waals surface area contributed by atoms with E-state index in [9.17, 15) is 22.0 Å². The summed E-state index contributed by atoms with van der Waals surface area (Å²) in [5.41, 5.74) is 0. The standard InChI is InChI=1S/C5H9F3.C5H10F2.2CH4/c1-4(2)3-5(6,7)8;1-4(2)3-5(6)7;;/h4H,3H2,1-2H3;4-5H,3H2,1-2H3;2*1H4. The van der Waals surface area contributed by atoms with Gasteiger partial charge in [-0.3, -0.25) is 0 Å². The minimum atomic E-state index is -3.98. The van der Waals surface area contributed by atoms with Gasteiger partial charge in [0.25, 0.3) is 0 Å². The van der Waals surface area contributed by atoms with Gasteiger partial charge in [0, 0.05) is 12.8 Å². The Balaban J connectivity index is -0.0000000896. The largest absolute Gasteiger partial charge is 0.389 e. The molecule has 0 saturated carbocycles. The Morgan fingerprint density at radius 1 is 0.824 bits per heavy atom. The van der Waals surface area contributed by atoms with E-state index in [0.29, 0.717) is 0 Å². The second-order valence-electron chi connectivity index (χ2n) is 4.23. The fraction of sp³-hybridized carbons (Fsp3) is 1.00. The molecule has 0 nitrogen and oxygen atoms in total. The Morgan fingerprint density at radius 3 is 1.18 bits per heavy atom. The lowest BCUT2D eigenvalue weighted by Crippen LogP contribution is -2.10. The highest BCUT2D eigenvalue weighted by molar-refractivity contribution is 4.52. The average Bonchev–Trinajstić information content (AvgIpc) is 1.76. The van der Waals surface area contributed by atoms with E-state index < -0.39 is 19.0 Å². The van der Waals surface area contributed by atoms with E-state index in [1.807, 2.05) is 0 Å². The molecular formula is C12H27F5. The first kappa shape index (κ1) is 25.5. The molecule has 0 aliphatic rings. The molecule has 0 unspecified atom stereocenters. The number of hydrogen-bond donors (Lipinski definition) is 0. The zero-order chi connectivity index (χ0) is 12.6. The minimum absolute atomic E-state index is 0. The van der Waals surface area contributed by atoms with E-state index >= 15 is 0 Å². The van der Waals surface area contributed by atoms with Gasteiger partial charge in [0.15, 0.2) is 0 Å². The Kier molecular flexibility index (Phi) is 18.2. The third-order valence-corrected chi connectivity index (χ3v) is 1.29. The first-order valence-corrected chi connectivity index (χ1v) is 4.89. The highest BCUT2D eigenvalue weighted by atomic mass is 19.4. The third kappa shape index (κ3) is 39.0. The Bertz CT molecular complexity index is 132. The van der Waals surface area contributed by atoms with Crippen molar-refractivity contribution >= 4 is 0 Å². The highest BCUT2D eigenvalue weighted by Gasteiger charge is 2.27. The zero-order valence-corrected chi connectivity index (χ0v) is 9.54. The van der Waals surface area contributed by atoms with Crippen LogP contribution in [0.15, 0.2) is 0 Å². The molecule has 17 heavy (non-hydrogen) atoms. The lowest BCUT2D eigenvalue weighted by molar-refractivity contribution is -0.141. The fourth-order valence-corrected chi connectivity index (χ4v) is 0.819. The van der Waals surface area contributed by atoms with Gasteiger partial charge in [-0.2, -0.15) is 13.2 Å². The van der Waals surface area contributed by atoms with Gasteiger partial charge in [-0.1, -0.05) is 42.5 Å². The van der Waals surface area contributed by atoms with E-state index in [4.69, 9.17) is 0 Å². The molecule has 5 heteroatoms. The van der Waals surface area contributed by atoms with Crippen molar-refractivity contribution in [2.75, 3.05) is 0 Å². The van der Waals surface area contributed by atoms with Gasteiger partial charge in [0.05, 0.1) is 0 Å². The molecule has 0 aromatic carbocycles. The molecule has 0 fully saturated rings. The van der Waals surface area contributed by atoms with Crippen LogP contribution in [0.4, 0.5) is 22.0 Å². The molecule has 0 spiro atoms. The van der Waals surface area contributed by atoms with Gasteiger partial charge < -0.3 is 0 Å². The van der Waals surface area contributed by atoms with E-state index in [1.165, 1.54) is 0 Å². The average molecular weight is 266 g/mol. The van der Waals surface area contributed by atoms with Crippen LogP contribution in [0.25, 0.3) is 0 Å². The molecule has 0 N–H and O–H groups in total. The molecule has 0 aromatic rings. The summed E-state index contributed by atoms with van der Waals surface area (Å²) < 4.78 is 56.5. The van der Waals surface area contributed by atoms with Crippen LogP contribution in [0, 0.1) is 11.8 Å². The monoisotopic (exact) mass is 266 g/mol. The maximum atomic E-state index is 11.3. The van der Waals surface area contributed by atoms with Crippen LogP contribution in [0.3, 0.4) is 0 Å². The number of rotatable bonds is 3. The van der Waals surface area contributed by atoms with Crippen molar-refractivity contribution in [2.45, 2.75) is 68.0 Å². The van der Waals surface area contributed by atoms with Gasteiger partial charge in [-0.25, -0.2) is 8.78 Å². The summed E-state index contributed by atoms with van der Waals surface area (Å²) in [5, 5.41) is 0. The van der Waals surface area contributed by atoms with Gasteiger partial charge >= 0.3 is 6.18 Å². The number of alkyl halides is 5. The zero-order valence-electron chi connectivity index (χ0n) is 9.54. The van der Waals surface area contributed by atoms with E-state index in [1.54, 1.807) is 27.7 Å². The molecule has 0 radical (unpaired) electrons. The van der Waals surface area contributed by atoms with E-state index in [0.717, 1.165) is 0 Å². The molecule has 0 rings (SSSR count). The maximum absolute atomic E-state index is 11.3. The van der Waals surface area contributed by atoms with E-state index in [-0.39, 0.29) is 33.1 Å². The van der Waals surface area contributed by atoms with Crippen molar-refractivity contribution in [3.63, 3.8) is 0 Å². The topological polar surface area (TPSA) is 0 Å². The van der Waals surface area contributed by atoms with Crippen LogP contribution < -0.4 is 0 Å². The van der Waals surface area contributed by atoms with Crippen LogP contribution in [0.5, 0.6) is 0 Å². The summed E-state index contributed by atoms with van der Waals surface area (Å²) >= 11 is 0. The summed E-state index contributed by atoms with van der Waals surface area (Å²) in [6.45, 7) is 6.67. The quantitative estimate of drug-likeness (QED) is 0.536. The fourth-order valence-electron chi connectivity index (χ4n) is 0.819. The molecule has 0 aromatic heterocycles. The van der Waals surface area contributed by atoms with Gasteiger partial charge in [-0.05, 0) is 11.8 Å². The van der Waals surface area contributed by atoms with Crippen LogP contribution >= 0.6 is 0 Å². The van der Waals surface area contributed by atoms with Crippen molar-refractivity contribution in [3.05, 3.63) is 0 Å². The summed E-state index contributed by atoms with van der Waals surface area (Å²) in [6, 6.07) is 0. The highest BCUT2D eigenvalue weighted by Crippen LogP contribution is 2.23. The number of halogens is 5. The second kappa shape index (κ2) is 12.1. The molecule has 0 bridgehead atoms. The molecular weight excluding hydrogens is 239 g/mol. The van der Waals surface area contributed by atoms with Crippen LogP contribution in [0.2, 0.25) is 0 Å². The predicted octanol–water partition coefficient (Wildman–Crippen LogP) is 6.16. The summed E-state index contributed by atoms with van der Waals surface area (Å²) in [6.07, 6.45) is -6.75. The first-order valence-electron chi connectivity index (χ1n) is 4.89. The summed E-state index contributed by atoms with van der Waals surface area (Å²) in [4.78, 5) is 0. The smallest absolute Gasteiger partial charge is 0.211 e. The van der Waals surface area contributed by atoms with Crippen molar-refractivity contribution in [1.29, 1.82) is 0 Å². The molecule has 0 aliphatic carbocycles. The lowest BCUT2D eigenvalue weighted by atomic mass is 10.1. The van der Waals surface area contributed by atoms with Gasteiger partial charge in [0.1, 0.15) is 0 Å². The van der Waals surface area contributed by atoms with Gasteiger partial charge in [-0.15, -0.1) is 0 Å². The maximum Gasteiger partial charge on any atom is 0.389 e. The van der Waals surface area contributed by atoms with Crippen LogP contribution in [0.1, 0.15) is 55.4 Å². The van der Waals surface area contributed by atoms with Crippen molar-refractivity contribution < 1.29 is 22.0 Å².